The van der Waals surface area contributed by atoms with Crippen molar-refractivity contribution >= 4 is 0 Å². The number of hydrogen-bond acceptors (Lipinski definition) is 2. The molecule has 2 nitrogen and oxygen atoms in total. The van der Waals surface area contributed by atoms with Gasteiger partial charge in [-0.05, 0) is 36.1 Å². The average molecular weight is 269 g/mol. The Bertz CT molecular complexity index is 549. The summed E-state index contributed by atoms with van der Waals surface area (Å²) in [5, 5.41) is 20.1. The summed E-state index contributed by atoms with van der Waals surface area (Å²) in [6, 6.07) is 12.4. The topological polar surface area (TPSA) is 40.5 Å². The smallest absolute Gasteiger partial charge is 0.127 e. The van der Waals surface area contributed by atoms with Crippen LogP contribution in [0.5, 0.6) is 11.5 Å². The van der Waals surface area contributed by atoms with Gasteiger partial charge in [-0.3, -0.25) is 0 Å². The maximum atomic E-state index is 10.1. The number of phenols is 2. The molecular weight excluding hydrogens is 248 g/mol. The Morgan fingerprint density at radius 2 is 1.65 bits per heavy atom. The first-order valence-electron chi connectivity index (χ1n) is 7.12. The highest BCUT2D eigenvalue weighted by Gasteiger charge is 2.17. The number of hydrogen-bond donors (Lipinski definition) is 2. The molecule has 0 fully saturated rings. The predicted octanol–water partition coefficient (Wildman–Crippen LogP) is 4.17. The Morgan fingerprint density at radius 1 is 1.00 bits per heavy atom. The van der Waals surface area contributed by atoms with Crippen molar-refractivity contribution in [3.63, 3.8) is 0 Å². The van der Waals surface area contributed by atoms with Crippen LogP contribution in [0.3, 0.4) is 0 Å². The van der Waals surface area contributed by atoms with E-state index in [1.807, 2.05) is 31.2 Å². The molecule has 2 N–H and O–H groups in total. The summed E-state index contributed by atoms with van der Waals surface area (Å²) in [5.41, 5.74) is 3.98. The third-order valence-electron chi connectivity index (χ3n) is 3.85. The predicted molar refractivity (Wildman–Crippen MR) is 81.3 cm³/mol. The minimum absolute atomic E-state index is 0.0655. The molecule has 0 aliphatic heterocycles. The van der Waals surface area contributed by atoms with E-state index in [1.165, 1.54) is 5.56 Å². The van der Waals surface area contributed by atoms with E-state index in [0.29, 0.717) is 0 Å². The van der Waals surface area contributed by atoms with Gasteiger partial charge in [-0.1, -0.05) is 39.0 Å². The second-order valence-corrected chi connectivity index (χ2v) is 5.13. The Morgan fingerprint density at radius 3 is 2.30 bits per heavy atom. The van der Waals surface area contributed by atoms with Crippen LogP contribution in [-0.4, -0.2) is 10.2 Å². The maximum absolute atomic E-state index is 10.1. The van der Waals surface area contributed by atoms with Crippen molar-refractivity contribution in [2.75, 3.05) is 0 Å². The molecule has 1 unspecified atom stereocenters. The molecule has 0 aromatic heterocycles. The molecule has 2 rings (SSSR count). The van der Waals surface area contributed by atoms with Gasteiger partial charge >= 0.3 is 0 Å². The highest BCUT2D eigenvalue weighted by molar-refractivity contribution is 5.47. The third-order valence-corrected chi connectivity index (χ3v) is 3.85. The molecule has 0 aliphatic carbocycles. The lowest BCUT2D eigenvalue weighted by atomic mass is 9.89. The van der Waals surface area contributed by atoms with Gasteiger partial charge in [0, 0.05) is 23.1 Å². The minimum Gasteiger partial charge on any atom is -0.508 e. The standard InChI is InChI=1S/C18H21O2/c1-4-13-6-8-17(19)15(10-13)12(3)16-11-14(5-2)7-9-18(16)20/h6-8,10-12,19-20H,4-5H2,1-3H3. The van der Waals surface area contributed by atoms with Crippen molar-refractivity contribution in [2.24, 2.45) is 0 Å². The van der Waals surface area contributed by atoms with Crippen molar-refractivity contribution < 1.29 is 10.2 Å². The highest BCUT2D eigenvalue weighted by atomic mass is 16.3. The summed E-state index contributed by atoms with van der Waals surface area (Å²) in [4.78, 5) is 0. The normalized spacial score (nSPS) is 11.0. The summed E-state index contributed by atoms with van der Waals surface area (Å²) in [7, 11) is 0. The lowest BCUT2D eigenvalue weighted by Gasteiger charge is -2.17. The van der Waals surface area contributed by atoms with Crippen LogP contribution < -0.4 is 0 Å². The summed E-state index contributed by atoms with van der Waals surface area (Å²) in [5.74, 6) is 0.372. The molecule has 1 atom stereocenters. The molecule has 0 saturated heterocycles. The van der Waals surface area contributed by atoms with Crippen LogP contribution in [-0.2, 0) is 12.8 Å². The van der Waals surface area contributed by atoms with Gasteiger partial charge in [-0.15, -0.1) is 0 Å². The third kappa shape index (κ3) is 2.79. The Balaban J connectivity index is 2.47. The average Bonchev–Trinajstić information content (AvgIpc) is 2.47. The van der Waals surface area contributed by atoms with Gasteiger partial charge in [0.25, 0.3) is 0 Å². The first-order chi connectivity index (χ1) is 9.56. The molecule has 2 heteroatoms. The molecule has 0 saturated carbocycles. The van der Waals surface area contributed by atoms with E-state index in [0.717, 1.165) is 29.5 Å². The molecule has 0 amide bonds. The Kier molecular flexibility index (Phi) is 4.33. The van der Waals surface area contributed by atoms with Gasteiger partial charge < -0.3 is 10.2 Å². The van der Waals surface area contributed by atoms with E-state index in [2.05, 4.69) is 19.9 Å². The van der Waals surface area contributed by atoms with Gasteiger partial charge in [-0.2, -0.15) is 0 Å². The molecule has 0 aliphatic rings. The highest BCUT2D eigenvalue weighted by Crippen LogP contribution is 2.36. The number of benzene rings is 2. The molecule has 20 heavy (non-hydrogen) atoms. The fraction of sp³-hybridized carbons (Fsp3) is 0.333. The molecule has 105 valence electrons. The summed E-state index contributed by atoms with van der Waals surface area (Å²) in [6.45, 7) is 6.16. The Labute approximate surface area is 120 Å². The van der Waals surface area contributed by atoms with E-state index >= 15 is 0 Å². The van der Waals surface area contributed by atoms with Crippen LogP contribution in [0.25, 0.3) is 0 Å². The summed E-state index contributed by atoms with van der Waals surface area (Å²) in [6.07, 6.45) is 1.82. The molecule has 0 spiro atoms. The quantitative estimate of drug-likeness (QED) is 0.874. The van der Waals surface area contributed by atoms with Crippen LogP contribution in [0.1, 0.15) is 48.9 Å². The van der Waals surface area contributed by atoms with Gasteiger partial charge in [0.05, 0.1) is 0 Å². The van der Waals surface area contributed by atoms with Crippen LogP contribution in [0, 0.1) is 6.07 Å². The van der Waals surface area contributed by atoms with Crippen LogP contribution >= 0.6 is 0 Å². The molecule has 1 radical (unpaired) electrons. The minimum atomic E-state index is -0.0655. The van der Waals surface area contributed by atoms with Crippen LogP contribution in [0.2, 0.25) is 0 Å². The lowest BCUT2D eigenvalue weighted by molar-refractivity contribution is 0.456. The molecule has 0 heterocycles. The summed E-state index contributed by atoms with van der Waals surface area (Å²) < 4.78 is 0. The summed E-state index contributed by atoms with van der Waals surface area (Å²) >= 11 is 0. The van der Waals surface area contributed by atoms with Crippen molar-refractivity contribution in [3.8, 4) is 11.5 Å². The number of aromatic hydroxyl groups is 2. The molecule has 2 aromatic rings. The van der Waals surface area contributed by atoms with E-state index in [9.17, 15) is 10.2 Å². The maximum Gasteiger partial charge on any atom is 0.127 e. The van der Waals surface area contributed by atoms with Crippen LogP contribution in [0.4, 0.5) is 0 Å². The number of aryl methyl sites for hydroxylation is 2. The Hall–Kier alpha value is -1.96. The van der Waals surface area contributed by atoms with Crippen LogP contribution in [0.15, 0.2) is 30.3 Å². The van der Waals surface area contributed by atoms with Crippen molar-refractivity contribution in [1.29, 1.82) is 0 Å². The van der Waals surface area contributed by atoms with Crippen molar-refractivity contribution in [2.45, 2.75) is 39.5 Å². The zero-order chi connectivity index (χ0) is 14.7. The first-order valence-corrected chi connectivity index (χ1v) is 7.12. The van der Waals surface area contributed by atoms with Gasteiger partial charge in [0.15, 0.2) is 0 Å². The SMILES string of the molecule is CCc1c[c]c(O)c(C(C)c2cc(CC)ccc2O)c1. The van der Waals surface area contributed by atoms with Gasteiger partial charge in [0.1, 0.15) is 11.5 Å². The molecule has 0 bridgehead atoms. The van der Waals surface area contributed by atoms with Gasteiger partial charge in [0.2, 0.25) is 0 Å². The fourth-order valence-electron chi connectivity index (χ4n) is 2.43. The second kappa shape index (κ2) is 6.00. The number of phenolic OH excluding ortho intramolecular Hbond substituents is 2. The van der Waals surface area contributed by atoms with Crippen molar-refractivity contribution in [1.82, 2.24) is 0 Å². The molecular formula is C18H21O2. The first kappa shape index (κ1) is 14.4. The zero-order valence-corrected chi connectivity index (χ0v) is 12.3. The van der Waals surface area contributed by atoms with E-state index in [1.54, 1.807) is 6.07 Å². The number of rotatable bonds is 4. The largest absolute Gasteiger partial charge is 0.508 e. The fourth-order valence-corrected chi connectivity index (χ4v) is 2.43. The van der Waals surface area contributed by atoms with Crippen molar-refractivity contribution in [3.05, 3.63) is 58.7 Å². The van der Waals surface area contributed by atoms with Gasteiger partial charge in [-0.25, -0.2) is 0 Å². The van der Waals surface area contributed by atoms with E-state index in [-0.39, 0.29) is 17.4 Å². The van der Waals surface area contributed by atoms with E-state index < -0.39 is 0 Å². The zero-order valence-electron chi connectivity index (χ0n) is 12.3. The molecule has 2 aromatic carbocycles. The van der Waals surface area contributed by atoms with E-state index in [4.69, 9.17) is 0 Å². The lowest BCUT2D eigenvalue weighted by Crippen LogP contribution is -1.99. The second-order valence-electron chi connectivity index (χ2n) is 5.13. The monoisotopic (exact) mass is 269 g/mol.